The molecule has 1 unspecified atom stereocenters. The van der Waals surface area contributed by atoms with Gasteiger partial charge in [-0.2, -0.15) is 13.0 Å². The van der Waals surface area contributed by atoms with Crippen molar-refractivity contribution in [3.05, 3.63) is 106 Å². The van der Waals surface area contributed by atoms with Crippen molar-refractivity contribution in [1.82, 2.24) is 0 Å². The molecule has 0 saturated heterocycles. The Hall–Kier alpha value is -2.82. The Bertz CT molecular complexity index is 1840. The number of halogens is 1. The third kappa shape index (κ3) is 7.97. The molecule has 2 aromatic rings. The van der Waals surface area contributed by atoms with Crippen LogP contribution in [0.1, 0.15) is 83.8 Å². The minimum atomic E-state index is -3.99. The zero-order chi connectivity index (χ0) is 34.7. The molecule has 2 heterocycles. The molecule has 2 N–H and O–H groups in total. The zero-order valence-corrected chi connectivity index (χ0v) is 30.8. The molecule has 0 aromatic heterocycles. The molecule has 5 rings (SSSR count). The number of anilines is 1. The van der Waals surface area contributed by atoms with Crippen LogP contribution in [-0.4, -0.2) is 56.6 Å². The molecule has 0 spiro atoms. The average Bonchev–Trinajstić information content (AvgIpc) is 3.38. The molecule has 2 aliphatic heterocycles. The fraction of sp³-hybridized carbons (Fsp3) is 0.447. The molecule has 1 atom stereocenters. The molecule has 258 valence electrons. The van der Waals surface area contributed by atoms with Gasteiger partial charge in [-0.25, -0.2) is 4.21 Å². The molecular weight excluding hydrogens is 664 g/mol. The zero-order valence-electron chi connectivity index (χ0n) is 28.4. The maximum absolute atomic E-state index is 11.3. The van der Waals surface area contributed by atoms with Gasteiger partial charge in [0.2, 0.25) is 5.69 Å². The standard InChI is InChI=1S/C38H47ClN2O5S2/c1-37(2)30-16-5-7-18-32(30)40(24-9-11-26-47(42)43)34(37)22-20-28-14-13-15-29(36(28)39)21-23-35-38(3,4)31-17-6-8-19-33(31)41(35)25-10-12-27-48(44,45)46/h5-8,16-23H,9-15,24-27H2,1-4H3,(H-,42,43,44,45,46)/p+1. The van der Waals surface area contributed by atoms with Gasteiger partial charge in [0.1, 0.15) is 6.54 Å². The molecule has 7 nitrogen and oxygen atoms in total. The summed E-state index contributed by atoms with van der Waals surface area (Å²) in [5.74, 6) is 0.0462. The second-order valence-corrected chi connectivity index (χ2v) is 17.0. The SMILES string of the molecule is CC1(C)C(/C=C/C2=C(Cl)C(=C/C=C3\N(CCCCS(=O)(=O)O)c4ccccc4C3(C)C)/CCC2)=[N+](CCCCS(=O)O)c2ccccc21. The van der Waals surface area contributed by atoms with E-state index in [0.717, 1.165) is 59.8 Å². The second-order valence-electron chi connectivity index (χ2n) is 14.0. The highest BCUT2D eigenvalue weighted by Crippen LogP contribution is 2.48. The molecule has 0 bridgehead atoms. The first-order valence-electron chi connectivity index (χ1n) is 16.8. The van der Waals surface area contributed by atoms with Gasteiger partial charge in [-0.05, 0) is 81.2 Å². The Morgan fingerprint density at radius 2 is 1.62 bits per heavy atom. The maximum atomic E-state index is 11.3. The lowest BCUT2D eigenvalue weighted by Crippen LogP contribution is -2.28. The van der Waals surface area contributed by atoms with E-state index in [1.54, 1.807) is 0 Å². The molecule has 0 radical (unpaired) electrons. The van der Waals surface area contributed by atoms with E-state index in [9.17, 15) is 21.7 Å². The quantitative estimate of drug-likeness (QED) is 0.0935. The summed E-state index contributed by atoms with van der Waals surface area (Å²) in [5, 5.41) is 0.785. The van der Waals surface area contributed by atoms with Crippen LogP contribution in [0, 0.1) is 0 Å². The largest absolute Gasteiger partial charge is 0.344 e. The second kappa shape index (κ2) is 15.0. The van der Waals surface area contributed by atoms with E-state index in [1.807, 2.05) is 6.07 Å². The van der Waals surface area contributed by atoms with Crippen molar-refractivity contribution in [1.29, 1.82) is 0 Å². The molecule has 1 aliphatic carbocycles. The van der Waals surface area contributed by atoms with E-state index in [-0.39, 0.29) is 22.3 Å². The van der Waals surface area contributed by atoms with Crippen molar-refractivity contribution >= 4 is 49.9 Å². The monoisotopic (exact) mass is 711 g/mol. The fourth-order valence-corrected chi connectivity index (χ4v) is 8.72. The summed E-state index contributed by atoms with van der Waals surface area (Å²) in [6.07, 6.45) is 14.0. The minimum absolute atomic E-state index is 0.203. The highest BCUT2D eigenvalue weighted by Gasteiger charge is 2.44. The van der Waals surface area contributed by atoms with Crippen LogP contribution in [0.4, 0.5) is 11.4 Å². The van der Waals surface area contributed by atoms with E-state index in [2.05, 4.69) is 104 Å². The first-order valence-corrected chi connectivity index (χ1v) is 20.1. The lowest BCUT2D eigenvalue weighted by Gasteiger charge is -2.27. The van der Waals surface area contributed by atoms with E-state index in [1.165, 1.54) is 22.5 Å². The van der Waals surface area contributed by atoms with E-state index in [4.69, 9.17) is 11.6 Å². The van der Waals surface area contributed by atoms with Gasteiger partial charge in [-0.1, -0.05) is 74.0 Å². The number of rotatable bonds is 13. The van der Waals surface area contributed by atoms with Gasteiger partial charge < -0.3 is 9.45 Å². The summed E-state index contributed by atoms with van der Waals surface area (Å²) in [5.41, 5.74) is 8.89. The molecule has 0 saturated carbocycles. The van der Waals surface area contributed by atoms with Crippen molar-refractivity contribution in [2.45, 2.75) is 83.5 Å². The van der Waals surface area contributed by atoms with Crippen molar-refractivity contribution in [3.63, 3.8) is 0 Å². The van der Waals surface area contributed by atoms with Gasteiger partial charge in [-0.15, -0.1) is 0 Å². The number of fused-ring (bicyclic) bond motifs is 2. The van der Waals surface area contributed by atoms with E-state index in [0.29, 0.717) is 25.8 Å². The normalized spacial score (nSPS) is 21.1. The van der Waals surface area contributed by atoms with Gasteiger partial charge in [0.15, 0.2) is 16.8 Å². The minimum Gasteiger partial charge on any atom is -0.344 e. The third-order valence-electron chi connectivity index (χ3n) is 9.92. The van der Waals surface area contributed by atoms with Crippen LogP contribution in [0.25, 0.3) is 0 Å². The predicted molar refractivity (Wildman–Crippen MR) is 199 cm³/mol. The summed E-state index contributed by atoms with van der Waals surface area (Å²) in [7, 11) is -3.99. The summed E-state index contributed by atoms with van der Waals surface area (Å²) in [6, 6.07) is 16.8. The third-order valence-corrected chi connectivity index (χ3v) is 11.9. The number of hydrogen-bond acceptors (Lipinski definition) is 4. The lowest BCUT2D eigenvalue weighted by atomic mass is 9.81. The highest BCUT2D eigenvalue weighted by atomic mass is 35.5. The van der Waals surface area contributed by atoms with Crippen molar-refractivity contribution in [3.8, 4) is 0 Å². The Balaban J connectivity index is 1.44. The van der Waals surface area contributed by atoms with Gasteiger partial charge in [-0.3, -0.25) is 4.55 Å². The maximum Gasteiger partial charge on any atom is 0.264 e. The van der Waals surface area contributed by atoms with E-state index < -0.39 is 21.2 Å². The van der Waals surface area contributed by atoms with Crippen molar-refractivity contribution in [2.75, 3.05) is 29.5 Å². The van der Waals surface area contributed by atoms with Crippen LogP contribution in [0.2, 0.25) is 0 Å². The Labute approximate surface area is 293 Å². The molecule has 10 heteroatoms. The number of nitrogens with zero attached hydrogens (tertiary/aromatic N) is 2. The van der Waals surface area contributed by atoms with Crippen LogP contribution in [-0.2, 0) is 32.0 Å². The fourth-order valence-electron chi connectivity index (χ4n) is 7.38. The van der Waals surface area contributed by atoms with Crippen molar-refractivity contribution in [2.24, 2.45) is 0 Å². The Morgan fingerprint density at radius 1 is 0.917 bits per heavy atom. The average molecular weight is 712 g/mol. The summed E-state index contributed by atoms with van der Waals surface area (Å²) >= 11 is 5.37. The summed E-state index contributed by atoms with van der Waals surface area (Å²) in [4.78, 5) is 2.28. The van der Waals surface area contributed by atoms with Crippen LogP contribution in [0.5, 0.6) is 0 Å². The van der Waals surface area contributed by atoms with Crippen LogP contribution >= 0.6 is 11.6 Å². The molecule has 2 aromatic carbocycles. The predicted octanol–water partition coefficient (Wildman–Crippen LogP) is 8.57. The number of benzene rings is 2. The van der Waals surface area contributed by atoms with Crippen LogP contribution < -0.4 is 4.90 Å². The van der Waals surface area contributed by atoms with Gasteiger partial charge in [0.05, 0.1) is 11.2 Å². The first kappa shape index (κ1) is 36.5. The van der Waals surface area contributed by atoms with Gasteiger partial charge >= 0.3 is 0 Å². The topological polar surface area (TPSA) is 97.9 Å². The number of unbranched alkanes of at least 4 members (excludes halogenated alkanes) is 2. The first-order chi connectivity index (χ1) is 22.7. The molecule has 0 amide bonds. The number of hydrogen-bond donors (Lipinski definition) is 2. The smallest absolute Gasteiger partial charge is 0.264 e. The van der Waals surface area contributed by atoms with Gasteiger partial charge in [0, 0.05) is 58.3 Å². The lowest BCUT2D eigenvalue weighted by molar-refractivity contribution is -0.438. The summed E-state index contributed by atoms with van der Waals surface area (Å²) < 4.78 is 54.7. The number of para-hydroxylation sites is 2. The number of allylic oxidation sites excluding steroid dienone is 8. The molecular formula is C38H48ClN2O5S2+. The van der Waals surface area contributed by atoms with E-state index >= 15 is 0 Å². The van der Waals surface area contributed by atoms with Crippen LogP contribution in [0.15, 0.2) is 94.7 Å². The molecule has 48 heavy (non-hydrogen) atoms. The highest BCUT2D eigenvalue weighted by molar-refractivity contribution is 7.85. The molecule has 3 aliphatic rings. The molecule has 0 fully saturated rings. The Kier molecular flexibility index (Phi) is 11.4. The van der Waals surface area contributed by atoms with Crippen molar-refractivity contribution < 1.29 is 26.3 Å². The van der Waals surface area contributed by atoms with Crippen LogP contribution in [0.3, 0.4) is 0 Å². The summed E-state index contributed by atoms with van der Waals surface area (Å²) in [6.45, 7) is 10.3. The Morgan fingerprint density at radius 3 is 2.35 bits per heavy atom. The van der Waals surface area contributed by atoms with Gasteiger partial charge in [0.25, 0.3) is 10.1 Å².